The summed E-state index contributed by atoms with van der Waals surface area (Å²) < 4.78 is 66.1. The van der Waals surface area contributed by atoms with Crippen molar-refractivity contribution in [3.63, 3.8) is 0 Å². The molecule has 0 heterocycles. The molecule has 2 saturated carbocycles. The highest BCUT2D eigenvalue weighted by Crippen LogP contribution is 2.39. The number of rotatable bonds is 9. The molecule has 2 fully saturated rings. The zero-order valence-electron chi connectivity index (χ0n) is 19.9. The highest BCUT2D eigenvalue weighted by Gasteiger charge is 2.38. The topological polar surface area (TPSA) is 18.5 Å². The number of allylic oxidation sites excluding steroid dienone is 1. The van der Waals surface area contributed by atoms with Crippen LogP contribution in [0.15, 0.2) is 18.2 Å². The molecule has 0 atom stereocenters. The van der Waals surface area contributed by atoms with Gasteiger partial charge in [0.15, 0.2) is 11.6 Å². The number of ether oxygens (including phenoxy) is 2. The quantitative estimate of drug-likeness (QED) is 0.337. The molecule has 0 bridgehead atoms. The Kier molecular flexibility index (Phi) is 9.66. The molecule has 1 aromatic carbocycles. The first-order chi connectivity index (χ1) is 15.8. The summed E-state index contributed by atoms with van der Waals surface area (Å²) in [4.78, 5) is 0. The standard InChI is InChI=1S/C27H38F4O2/c1-3-5-19-6-8-21(9-7-19)18-33-23-15-11-20(12-16-23)10-13-22-14-17-24(32-4-2)26(28)25(22)27(29,30)31/h10,13-14,17,19-21,23H,3-9,11-12,15-16,18H2,1-2H3. The Balaban J connectivity index is 1.49. The normalized spacial score (nSPS) is 26.6. The van der Waals surface area contributed by atoms with Gasteiger partial charge in [0, 0.05) is 6.61 Å². The number of hydrogen-bond acceptors (Lipinski definition) is 2. The van der Waals surface area contributed by atoms with Crippen LogP contribution in [0.3, 0.4) is 0 Å². The van der Waals surface area contributed by atoms with Gasteiger partial charge < -0.3 is 9.47 Å². The van der Waals surface area contributed by atoms with Crippen LogP contribution in [0.25, 0.3) is 6.08 Å². The highest BCUT2D eigenvalue weighted by atomic mass is 19.4. The van der Waals surface area contributed by atoms with Crippen molar-refractivity contribution in [3.05, 3.63) is 35.2 Å². The van der Waals surface area contributed by atoms with Crippen molar-refractivity contribution in [1.29, 1.82) is 0 Å². The minimum absolute atomic E-state index is 0.106. The van der Waals surface area contributed by atoms with Crippen molar-refractivity contribution >= 4 is 6.08 Å². The molecule has 0 spiro atoms. The number of alkyl halides is 3. The monoisotopic (exact) mass is 470 g/mol. The third-order valence-electron chi connectivity index (χ3n) is 7.22. The van der Waals surface area contributed by atoms with E-state index in [1.54, 1.807) is 13.0 Å². The summed E-state index contributed by atoms with van der Waals surface area (Å²) in [5, 5.41) is 0. The van der Waals surface area contributed by atoms with Gasteiger partial charge in [-0.25, -0.2) is 4.39 Å². The SMILES string of the molecule is CCCC1CCC(COC2CCC(C=Cc3ccc(OCC)c(F)c3C(F)(F)F)CC2)CC1. The molecular weight excluding hydrogens is 432 g/mol. The maximum atomic E-state index is 14.4. The van der Waals surface area contributed by atoms with Crippen molar-refractivity contribution < 1.29 is 27.0 Å². The van der Waals surface area contributed by atoms with Gasteiger partial charge in [0.05, 0.1) is 12.7 Å². The lowest BCUT2D eigenvalue weighted by Gasteiger charge is -2.31. The van der Waals surface area contributed by atoms with E-state index in [-0.39, 0.29) is 29.9 Å². The van der Waals surface area contributed by atoms with Crippen LogP contribution in [0.2, 0.25) is 0 Å². The summed E-state index contributed by atoms with van der Waals surface area (Å²) in [7, 11) is 0. The summed E-state index contributed by atoms with van der Waals surface area (Å²) in [6.07, 6.45) is 10.1. The second-order valence-corrected chi connectivity index (χ2v) is 9.68. The predicted octanol–water partition coefficient (Wildman–Crippen LogP) is 8.44. The molecule has 33 heavy (non-hydrogen) atoms. The molecule has 2 nitrogen and oxygen atoms in total. The first kappa shape index (κ1) is 26.1. The van der Waals surface area contributed by atoms with Gasteiger partial charge >= 0.3 is 6.18 Å². The molecule has 0 aliphatic heterocycles. The van der Waals surface area contributed by atoms with Crippen molar-refractivity contribution in [3.8, 4) is 5.75 Å². The van der Waals surface area contributed by atoms with Crippen LogP contribution in [0.4, 0.5) is 17.6 Å². The summed E-state index contributed by atoms with van der Waals surface area (Å²) >= 11 is 0. The molecular formula is C27H38F4O2. The van der Waals surface area contributed by atoms with Crippen LogP contribution >= 0.6 is 0 Å². The number of hydrogen-bond donors (Lipinski definition) is 0. The van der Waals surface area contributed by atoms with Gasteiger partial charge in [0.2, 0.25) is 0 Å². The predicted molar refractivity (Wildman–Crippen MR) is 124 cm³/mol. The Morgan fingerprint density at radius 2 is 1.61 bits per heavy atom. The molecule has 0 saturated heterocycles. The summed E-state index contributed by atoms with van der Waals surface area (Å²) in [6.45, 7) is 4.81. The Morgan fingerprint density at radius 1 is 0.939 bits per heavy atom. The molecule has 1 aromatic rings. The first-order valence-electron chi connectivity index (χ1n) is 12.6. The minimum Gasteiger partial charge on any atom is -0.491 e. The molecule has 2 aliphatic rings. The average Bonchev–Trinajstić information content (AvgIpc) is 2.79. The average molecular weight is 471 g/mol. The summed E-state index contributed by atoms with van der Waals surface area (Å²) in [6, 6.07) is 2.56. The lowest BCUT2D eigenvalue weighted by atomic mass is 9.80. The third kappa shape index (κ3) is 7.46. The van der Waals surface area contributed by atoms with Gasteiger partial charge in [-0.2, -0.15) is 13.2 Å². The van der Waals surface area contributed by atoms with Crippen molar-refractivity contribution in [1.82, 2.24) is 0 Å². The van der Waals surface area contributed by atoms with E-state index in [9.17, 15) is 17.6 Å². The van der Waals surface area contributed by atoms with Gasteiger partial charge in [0.1, 0.15) is 5.56 Å². The fourth-order valence-corrected chi connectivity index (χ4v) is 5.32. The van der Waals surface area contributed by atoms with Crippen LogP contribution in [0.1, 0.15) is 89.2 Å². The van der Waals surface area contributed by atoms with Gasteiger partial charge in [-0.15, -0.1) is 0 Å². The van der Waals surface area contributed by atoms with E-state index in [0.717, 1.165) is 38.2 Å². The van der Waals surface area contributed by atoms with E-state index >= 15 is 0 Å². The smallest absolute Gasteiger partial charge is 0.419 e. The van der Waals surface area contributed by atoms with E-state index in [0.29, 0.717) is 5.92 Å². The second-order valence-electron chi connectivity index (χ2n) is 9.68. The summed E-state index contributed by atoms with van der Waals surface area (Å²) in [5.74, 6) is 0.0529. The van der Waals surface area contributed by atoms with Crippen LogP contribution in [0.5, 0.6) is 5.75 Å². The van der Waals surface area contributed by atoms with Crippen molar-refractivity contribution in [2.24, 2.45) is 17.8 Å². The lowest BCUT2D eigenvalue weighted by Crippen LogP contribution is -2.25. The van der Waals surface area contributed by atoms with E-state index in [4.69, 9.17) is 9.47 Å². The van der Waals surface area contributed by atoms with Gasteiger partial charge in [-0.3, -0.25) is 0 Å². The third-order valence-corrected chi connectivity index (χ3v) is 7.22. The molecule has 0 radical (unpaired) electrons. The molecule has 3 rings (SSSR count). The minimum atomic E-state index is -4.78. The zero-order chi connectivity index (χ0) is 23.8. The fourth-order valence-electron chi connectivity index (χ4n) is 5.32. The van der Waals surface area contributed by atoms with Crippen LogP contribution in [-0.2, 0) is 10.9 Å². The maximum Gasteiger partial charge on any atom is 0.419 e. The molecule has 2 aliphatic carbocycles. The first-order valence-corrected chi connectivity index (χ1v) is 12.6. The van der Waals surface area contributed by atoms with E-state index in [2.05, 4.69) is 6.92 Å². The van der Waals surface area contributed by atoms with Crippen molar-refractivity contribution in [2.75, 3.05) is 13.2 Å². The molecule has 186 valence electrons. The Hall–Kier alpha value is -1.56. The van der Waals surface area contributed by atoms with Crippen LogP contribution < -0.4 is 4.74 Å². The highest BCUT2D eigenvalue weighted by molar-refractivity contribution is 5.57. The Labute approximate surface area is 195 Å². The number of halogens is 4. The summed E-state index contributed by atoms with van der Waals surface area (Å²) in [5.41, 5.74) is -1.41. The maximum absolute atomic E-state index is 14.4. The zero-order valence-corrected chi connectivity index (χ0v) is 19.9. The molecule has 0 N–H and O–H groups in total. The van der Waals surface area contributed by atoms with Crippen LogP contribution in [-0.4, -0.2) is 19.3 Å². The van der Waals surface area contributed by atoms with E-state index < -0.39 is 17.6 Å². The van der Waals surface area contributed by atoms with Crippen molar-refractivity contribution in [2.45, 2.75) is 90.3 Å². The molecule has 6 heteroatoms. The van der Waals surface area contributed by atoms with Gasteiger partial charge in [0.25, 0.3) is 0 Å². The fraction of sp³-hybridized carbons (Fsp3) is 0.704. The Morgan fingerprint density at radius 3 is 2.21 bits per heavy atom. The Bertz CT molecular complexity index is 758. The number of benzene rings is 1. The molecule has 0 amide bonds. The van der Waals surface area contributed by atoms with E-state index in [1.807, 2.05) is 0 Å². The molecule has 0 unspecified atom stereocenters. The van der Waals surface area contributed by atoms with Gasteiger partial charge in [-0.05, 0) is 74.8 Å². The second kappa shape index (κ2) is 12.2. The van der Waals surface area contributed by atoms with Gasteiger partial charge in [-0.1, -0.05) is 50.8 Å². The van der Waals surface area contributed by atoms with Crippen LogP contribution in [0, 0.1) is 23.6 Å². The molecule has 0 aromatic heterocycles. The largest absolute Gasteiger partial charge is 0.491 e. The lowest BCUT2D eigenvalue weighted by molar-refractivity contribution is -0.140. The van der Waals surface area contributed by atoms with E-state index in [1.165, 1.54) is 56.7 Å².